The van der Waals surface area contributed by atoms with Crippen LogP contribution in [-0.2, 0) is 15.0 Å². The lowest BCUT2D eigenvalue weighted by Crippen LogP contribution is -2.52. The minimum absolute atomic E-state index is 0.0193. The molecule has 3 N–H and O–H groups in total. The zero-order chi connectivity index (χ0) is 20.4. The van der Waals surface area contributed by atoms with Gasteiger partial charge in [-0.3, -0.25) is 9.59 Å². The summed E-state index contributed by atoms with van der Waals surface area (Å²) >= 11 is 1.45. The number of hydrogen-bond acceptors (Lipinski definition) is 5. The highest BCUT2D eigenvalue weighted by molar-refractivity contribution is 7.99. The number of aliphatic carboxylic acids is 1. The van der Waals surface area contributed by atoms with Gasteiger partial charge in [0, 0.05) is 11.3 Å². The summed E-state index contributed by atoms with van der Waals surface area (Å²) in [5.41, 5.74) is -0.464. The lowest BCUT2D eigenvalue weighted by atomic mass is 9.86. The average Bonchev–Trinajstić information content (AvgIpc) is 3.08. The number of nitrogens with zero attached hydrogens (tertiary/aromatic N) is 1. The summed E-state index contributed by atoms with van der Waals surface area (Å²) in [5, 5.41) is 21.1. The Kier molecular flexibility index (Phi) is 6.21. The molecular weight excluding hydrogens is 368 g/mol. The van der Waals surface area contributed by atoms with Crippen LogP contribution >= 0.6 is 11.8 Å². The lowest BCUT2D eigenvalue weighted by molar-refractivity contribution is -0.156. The van der Waals surface area contributed by atoms with Crippen molar-refractivity contribution in [3.63, 3.8) is 0 Å². The van der Waals surface area contributed by atoms with Gasteiger partial charge in [0.2, 0.25) is 5.91 Å². The van der Waals surface area contributed by atoms with Crippen LogP contribution in [0.25, 0.3) is 0 Å². The minimum Gasteiger partial charge on any atom is -0.479 e. The number of benzene rings is 1. The van der Waals surface area contributed by atoms with E-state index in [1.54, 1.807) is 12.1 Å². The number of rotatable bonds is 5. The van der Waals surface area contributed by atoms with E-state index in [4.69, 9.17) is 5.11 Å². The maximum absolute atomic E-state index is 12.8. The molecule has 1 aromatic carbocycles. The van der Waals surface area contributed by atoms with Crippen LogP contribution in [-0.4, -0.2) is 62.7 Å². The lowest BCUT2D eigenvalue weighted by Gasteiger charge is -2.25. The van der Waals surface area contributed by atoms with Crippen molar-refractivity contribution in [1.29, 1.82) is 0 Å². The average molecular weight is 394 g/mol. The molecule has 0 saturated carbocycles. The Morgan fingerprint density at radius 2 is 1.78 bits per heavy atom. The van der Waals surface area contributed by atoms with Crippen LogP contribution in [0.3, 0.4) is 0 Å². The normalized spacial score (nSPS) is 19.4. The van der Waals surface area contributed by atoms with Crippen molar-refractivity contribution in [1.82, 2.24) is 10.2 Å². The molecule has 1 heterocycles. The second kappa shape index (κ2) is 7.90. The van der Waals surface area contributed by atoms with Gasteiger partial charge in [0.1, 0.15) is 6.04 Å². The number of carboxylic acid groups (broad SMARTS) is 1. The van der Waals surface area contributed by atoms with Gasteiger partial charge < -0.3 is 20.4 Å². The van der Waals surface area contributed by atoms with Gasteiger partial charge in [-0.1, -0.05) is 32.9 Å². The molecule has 1 aliphatic rings. The topological polar surface area (TPSA) is 107 Å². The van der Waals surface area contributed by atoms with Crippen molar-refractivity contribution in [2.75, 3.05) is 18.2 Å². The van der Waals surface area contributed by atoms with Crippen LogP contribution in [0.1, 0.15) is 43.6 Å². The Bertz CT molecular complexity index is 725. The van der Waals surface area contributed by atoms with Gasteiger partial charge in [-0.2, -0.15) is 0 Å². The van der Waals surface area contributed by atoms with Crippen LogP contribution < -0.4 is 5.32 Å². The van der Waals surface area contributed by atoms with Gasteiger partial charge in [-0.05, 0) is 30.0 Å². The van der Waals surface area contributed by atoms with Gasteiger partial charge in [-0.15, -0.1) is 11.8 Å². The van der Waals surface area contributed by atoms with E-state index in [2.05, 4.69) is 26.1 Å². The first kappa shape index (κ1) is 21.2. The first-order valence-corrected chi connectivity index (χ1v) is 9.82. The first-order chi connectivity index (χ1) is 12.4. The zero-order valence-corrected chi connectivity index (χ0v) is 16.8. The van der Waals surface area contributed by atoms with E-state index >= 15 is 0 Å². The Hall–Kier alpha value is -2.06. The highest BCUT2D eigenvalue weighted by Crippen LogP contribution is 2.26. The molecule has 2 amide bonds. The van der Waals surface area contributed by atoms with Crippen molar-refractivity contribution in [3.8, 4) is 0 Å². The molecule has 2 rings (SSSR count). The van der Waals surface area contributed by atoms with Crippen molar-refractivity contribution >= 4 is 29.5 Å². The molecule has 0 bridgehead atoms. The number of carbonyl (C=O) groups is 3. The van der Waals surface area contributed by atoms with Crippen LogP contribution in [0.2, 0.25) is 0 Å². The van der Waals surface area contributed by atoms with Gasteiger partial charge >= 0.3 is 5.97 Å². The standard InChI is InChI=1S/C19H26N2O5S/c1-18(2,3)13-7-5-12(6-8-13)16(23)21-11-27-9-14(21)15(22)20-10-19(4,26)17(24)25/h5-8,14,26H,9-11H2,1-4H3,(H,20,22)(H,24,25). The second-order valence-corrected chi connectivity index (χ2v) is 8.91. The number of thioether (sulfide) groups is 1. The van der Waals surface area contributed by atoms with Crippen LogP contribution in [0.5, 0.6) is 0 Å². The van der Waals surface area contributed by atoms with Gasteiger partial charge in [0.25, 0.3) is 5.91 Å². The summed E-state index contributed by atoms with van der Waals surface area (Å²) in [5.74, 6) is -1.33. The molecule has 0 radical (unpaired) electrons. The van der Waals surface area contributed by atoms with Crippen molar-refractivity contribution < 1.29 is 24.6 Å². The summed E-state index contributed by atoms with van der Waals surface area (Å²) in [4.78, 5) is 37.7. The molecule has 1 aliphatic heterocycles. The minimum atomic E-state index is -2.06. The van der Waals surface area contributed by atoms with E-state index in [0.29, 0.717) is 17.2 Å². The number of hydrogen-bond donors (Lipinski definition) is 3. The summed E-state index contributed by atoms with van der Waals surface area (Å²) in [6.07, 6.45) is 0. The quantitative estimate of drug-likeness (QED) is 0.698. The third-order valence-electron chi connectivity index (χ3n) is 4.51. The number of carbonyl (C=O) groups excluding carboxylic acids is 2. The number of nitrogens with one attached hydrogen (secondary N) is 1. The molecule has 2 atom stereocenters. The van der Waals surface area contributed by atoms with E-state index in [0.717, 1.165) is 12.5 Å². The molecule has 0 aliphatic carbocycles. The fourth-order valence-electron chi connectivity index (χ4n) is 2.59. The molecule has 0 aromatic heterocycles. The van der Waals surface area contributed by atoms with Gasteiger partial charge in [0.05, 0.1) is 12.4 Å². The Morgan fingerprint density at radius 1 is 1.19 bits per heavy atom. The fraction of sp³-hybridized carbons (Fsp3) is 0.526. The third-order valence-corrected chi connectivity index (χ3v) is 5.52. The molecule has 27 heavy (non-hydrogen) atoms. The van der Waals surface area contributed by atoms with E-state index in [1.807, 2.05) is 12.1 Å². The maximum Gasteiger partial charge on any atom is 0.337 e. The summed E-state index contributed by atoms with van der Waals surface area (Å²) in [6.45, 7) is 6.96. The molecule has 1 fully saturated rings. The van der Waals surface area contributed by atoms with Crippen molar-refractivity contribution in [3.05, 3.63) is 35.4 Å². The number of aliphatic hydroxyl groups is 1. The van der Waals surface area contributed by atoms with Crippen LogP contribution in [0.15, 0.2) is 24.3 Å². The molecule has 1 saturated heterocycles. The molecular formula is C19H26N2O5S. The van der Waals surface area contributed by atoms with E-state index in [1.165, 1.54) is 16.7 Å². The van der Waals surface area contributed by atoms with Crippen molar-refractivity contribution in [2.45, 2.75) is 44.8 Å². The van der Waals surface area contributed by atoms with E-state index < -0.39 is 30.1 Å². The SMILES string of the molecule is CC(O)(CNC(=O)C1CSCN1C(=O)c1ccc(C(C)(C)C)cc1)C(=O)O. The molecule has 0 spiro atoms. The summed E-state index contributed by atoms with van der Waals surface area (Å²) in [6, 6.07) is 6.64. The molecule has 8 heteroatoms. The predicted molar refractivity (Wildman–Crippen MR) is 104 cm³/mol. The largest absolute Gasteiger partial charge is 0.479 e. The fourth-order valence-corrected chi connectivity index (χ4v) is 3.75. The van der Waals surface area contributed by atoms with Crippen LogP contribution in [0, 0.1) is 0 Å². The predicted octanol–water partition coefficient (Wildman–Crippen LogP) is 1.45. The molecule has 1 aromatic rings. The number of amides is 2. The second-order valence-electron chi connectivity index (χ2n) is 7.91. The van der Waals surface area contributed by atoms with Crippen molar-refractivity contribution in [2.24, 2.45) is 0 Å². The molecule has 7 nitrogen and oxygen atoms in total. The molecule has 2 unspecified atom stereocenters. The highest BCUT2D eigenvalue weighted by atomic mass is 32.2. The maximum atomic E-state index is 12.8. The number of carboxylic acids is 1. The first-order valence-electron chi connectivity index (χ1n) is 8.66. The summed E-state index contributed by atoms with van der Waals surface area (Å²) < 4.78 is 0. The Labute approximate surface area is 163 Å². The molecule has 148 valence electrons. The van der Waals surface area contributed by atoms with Gasteiger partial charge in [0.15, 0.2) is 5.60 Å². The Balaban J connectivity index is 2.07. The smallest absolute Gasteiger partial charge is 0.337 e. The monoisotopic (exact) mass is 394 g/mol. The van der Waals surface area contributed by atoms with Crippen LogP contribution in [0.4, 0.5) is 0 Å². The third kappa shape index (κ3) is 5.01. The Morgan fingerprint density at radius 3 is 2.30 bits per heavy atom. The van der Waals surface area contributed by atoms with E-state index in [-0.39, 0.29) is 11.3 Å². The highest BCUT2D eigenvalue weighted by Gasteiger charge is 2.37. The van der Waals surface area contributed by atoms with E-state index in [9.17, 15) is 19.5 Å². The van der Waals surface area contributed by atoms with Gasteiger partial charge in [-0.25, -0.2) is 4.79 Å². The summed E-state index contributed by atoms with van der Waals surface area (Å²) in [7, 11) is 0. The zero-order valence-electron chi connectivity index (χ0n) is 16.0.